The Morgan fingerprint density at radius 3 is 2.32 bits per heavy atom. The normalized spacial score (nSPS) is 22.1. The van der Waals surface area contributed by atoms with Crippen LogP contribution in [-0.4, -0.2) is 74.3 Å². The second-order valence-electron chi connectivity index (χ2n) is 9.72. The van der Waals surface area contributed by atoms with Crippen LogP contribution in [-0.2, 0) is 10.2 Å². The van der Waals surface area contributed by atoms with E-state index in [0.717, 1.165) is 43.5 Å². The van der Waals surface area contributed by atoms with E-state index >= 15 is 0 Å². The Bertz CT molecular complexity index is 1230. The first-order valence-electron chi connectivity index (χ1n) is 12.7. The molecule has 2 aromatic carbocycles. The monoisotopic (exact) mass is 591 g/mol. The number of carboxylic acid groups (broad SMARTS) is 1. The molecule has 3 N–H and O–H groups in total. The largest absolute Gasteiger partial charge is 0.493 e. The van der Waals surface area contributed by atoms with Crippen molar-refractivity contribution in [2.45, 2.75) is 49.4 Å². The van der Waals surface area contributed by atoms with Crippen molar-refractivity contribution < 1.29 is 50.5 Å². The number of carbonyl (C=O) groups is 2. The van der Waals surface area contributed by atoms with E-state index in [4.69, 9.17) is 19.4 Å². The Kier molecular flexibility index (Phi) is 10.3. The third-order valence-corrected chi connectivity index (χ3v) is 7.46. The van der Waals surface area contributed by atoms with Crippen LogP contribution < -0.4 is 20.1 Å². The highest BCUT2D eigenvalue weighted by atomic mass is 19.4. The molecule has 2 amide bonds. The van der Waals surface area contributed by atoms with Gasteiger partial charge in [0, 0.05) is 35.8 Å². The summed E-state index contributed by atoms with van der Waals surface area (Å²) in [4.78, 5) is 23.6. The number of nitrogens with zero attached hydrogens (tertiary/aromatic N) is 1. The summed E-state index contributed by atoms with van der Waals surface area (Å²) in [7, 11) is 3.20. The first-order valence-corrected chi connectivity index (χ1v) is 12.7. The van der Waals surface area contributed by atoms with Crippen molar-refractivity contribution in [1.29, 1.82) is 0 Å². The number of rotatable bonds is 7. The van der Waals surface area contributed by atoms with Gasteiger partial charge in [-0.3, -0.25) is 4.90 Å². The summed E-state index contributed by atoms with van der Waals surface area (Å²) < 4.78 is 82.6. The second kappa shape index (κ2) is 13.3. The van der Waals surface area contributed by atoms with Gasteiger partial charge in [-0.05, 0) is 62.1 Å². The van der Waals surface area contributed by atoms with Crippen LogP contribution in [0.1, 0.15) is 31.2 Å². The molecule has 2 aromatic rings. The molecule has 1 saturated carbocycles. The van der Waals surface area contributed by atoms with Gasteiger partial charge in [-0.1, -0.05) is 6.07 Å². The van der Waals surface area contributed by atoms with Gasteiger partial charge in [0.2, 0.25) is 0 Å². The van der Waals surface area contributed by atoms with Crippen molar-refractivity contribution in [3.05, 3.63) is 53.6 Å². The van der Waals surface area contributed by atoms with Crippen LogP contribution in [0.2, 0.25) is 0 Å². The number of alkyl halides is 4. The number of methoxy groups -OCH3 is 2. The Labute approximate surface area is 232 Å². The number of halogens is 6. The van der Waals surface area contributed by atoms with E-state index in [1.54, 1.807) is 14.2 Å². The highest BCUT2D eigenvalue weighted by molar-refractivity contribution is 5.89. The number of amides is 2. The number of anilines is 1. The van der Waals surface area contributed by atoms with Gasteiger partial charge in [-0.25, -0.2) is 22.8 Å². The van der Waals surface area contributed by atoms with Gasteiger partial charge >= 0.3 is 18.2 Å². The first-order chi connectivity index (χ1) is 19.3. The Morgan fingerprint density at radius 2 is 1.73 bits per heavy atom. The molecule has 0 radical (unpaired) electrons. The van der Waals surface area contributed by atoms with Crippen molar-refractivity contribution in [3.63, 3.8) is 0 Å². The summed E-state index contributed by atoms with van der Waals surface area (Å²) in [5.41, 5.74) is 1.12. The quantitative estimate of drug-likeness (QED) is 0.380. The minimum atomic E-state index is -5.08. The SMILES string of the molecule is COc1ccc(C23CCC(NC(=O)Nc4ccc(F)c(F)c4)CC2N(CCF)CC3)cc1OC.O=C(O)C(F)(F)F. The van der Waals surface area contributed by atoms with Crippen molar-refractivity contribution >= 4 is 17.7 Å². The van der Waals surface area contributed by atoms with Gasteiger partial charge < -0.3 is 25.2 Å². The molecule has 0 spiro atoms. The summed E-state index contributed by atoms with van der Waals surface area (Å²) in [6.45, 7) is 0.678. The number of ether oxygens (including phenoxy) is 2. The number of urea groups is 1. The number of likely N-dealkylation sites (tertiary alicyclic amines) is 1. The lowest BCUT2D eigenvalue weighted by Crippen LogP contribution is -2.53. The molecule has 1 saturated heterocycles. The summed E-state index contributed by atoms with van der Waals surface area (Å²) >= 11 is 0. The molecule has 1 aliphatic heterocycles. The molecular formula is C27H31F6N3O5. The lowest BCUT2D eigenvalue weighted by atomic mass is 9.65. The van der Waals surface area contributed by atoms with Gasteiger partial charge in [-0.2, -0.15) is 13.2 Å². The molecule has 0 bridgehead atoms. The number of nitrogens with one attached hydrogen (secondary N) is 2. The van der Waals surface area contributed by atoms with Gasteiger partial charge in [0.25, 0.3) is 0 Å². The molecule has 41 heavy (non-hydrogen) atoms. The van der Waals surface area contributed by atoms with Crippen molar-refractivity contribution in [2.75, 3.05) is 39.3 Å². The number of fused-ring (bicyclic) bond motifs is 1. The van der Waals surface area contributed by atoms with Crippen molar-refractivity contribution in [1.82, 2.24) is 10.2 Å². The molecule has 1 aliphatic carbocycles. The molecule has 8 nitrogen and oxygen atoms in total. The zero-order valence-corrected chi connectivity index (χ0v) is 22.4. The molecule has 4 rings (SSSR count). The van der Waals surface area contributed by atoms with Crippen molar-refractivity contribution in [2.24, 2.45) is 0 Å². The Morgan fingerprint density at radius 1 is 1.05 bits per heavy atom. The van der Waals surface area contributed by atoms with E-state index in [1.807, 2.05) is 12.1 Å². The maximum absolute atomic E-state index is 13.5. The lowest BCUT2D eigenvalue weighted by Gasteiger charge is -2.45. The fourth-order valence-electron chi connectivity index (χ4n) is 5.56. The van der Waals surface area contributed by atoms with Gasteiger partial charge in [0.15, 0.2) is 23.1 Å². The maximum atomic E-state index is 13.5. The predicted molar refractivity (Wildman–Crippen MR) is 137 cm³/mol. The van der Waals surface area contributed by atoms with Crippen LogP contribution in [0.25, 0.3) is 0 Å². The predicted octanol–water partition coefficient (Wildman–Crippen LogP) is 5.27. The van der Waals surface area contributed by atoms with Gasteiger partial charge in [-0.15, -0.1) is 0 Å². The van der Waals surface area contributed by atoms with Crippen molar-refractivity contribution in [3.8, 4) is 11.5 Å². The molecule has 14 heteroatoms. The number of carbonyl (C=O) groups excluding carboxylic acids is 1. The fourth-order valence-corrected chi connectivity index (χ4v) is 5.56. The van der Waals surface area contributed by atoms with Crippen LogP contribution in [0, 0.1) is 11.6 Å². The highest BCUT2D eigenvalue weighted by Crippen LogP contribution is 2.50. The Hall–Kier alpha value is -3.68. The number of hydrogen-bond acceptors (Lipinski definition) is 5. The third kappa shape index (κ3) is 7.54. The first kappa shape index (κ1) is 31.8. The van der Waals surface area contributed by atoms with Crippen LogP contribution in [0.3, 0.4) is 0 Å². The molecule has 226 valence electrons. The number of hydrogen-bond donors (Lipinski definition) is 3. The van der Waals surface area contributed by atoms with E-state index < -0.39 is 36.5 Å². The van der Waals surface area contributed by atoms with E-state index in [2.05, 4.69) is 21.6 Å². The fraction of sp³-hybridized carbons (Fsp3) is 0.481. The molecule has 3 unspecified atom stereocenters. The average molecular weight is 592 g/mol. The lowest BCUT2D eigenvalue weighted by molar-refractivity contribution is -0.192. The second-order valence-corrected chi connectivity index (χ2v) is 9.72. The van der Waals surface area contributed by atoms with Crippen LogP contribution >= 0.6 is 0 Å². The molecular weight excluding hydrogens is 560 g/mol. The highest BCUT2D eigenvalue weighted by Gasteiger charge is 2.51. The molecule has 3 atom stereocenters. The van der Waals surface area contributed by atoms with E-state index in [-0.39, 0.29) is 23.2 Å². The zero-order valence-electron chi connectivity index (χ0n) is 22.4. The molecule has 1 heterocycles. The molecule has 2 fully saturated rings. The smallest absolute Gasteiger partial charge is 0.490 e. The van der Waals surface area contributed by atoms with Crippen LogP contribution in [0.15, 0.2) is 36.4 Å². The summed E-state index contributed by atoms with van der Waals surface area (Å²) in [6.07, 6.45) is -1.99. The van der Waals surface area contributed by atoms with Crippen LogP contribution in [0.4, 0.5) is 36.8 Å². The van der Waals surface area contributed by atoms with Gasteiger partial charge in [0.1, 0.15) is 6.67 Å². The topological polar surface area (TPSA) is 100 Å². The van der Waals surface area contributed by atoms with Gasteiger partial charge in [0.05, 0.1) is 14.2 Å². The van der Waals surface area contributed by atoms with E-state index in [0.29, 0.717) is 24.5 Å². The maximum Gasteiger partial charge on any atom is 0.490 e. The minimum Gasteiger partial charge on any atom is -0.493 e. The minimum absolute atomic E-state index is 0.0451. The summed E-state index contributed by atoms with van der Waals surface area (Å²) in [6, 6.07) is 8.61. The van der Waals surface area contributed by atoms with Crippen LogP contribution in [0.5, 0.6) is 11.5 Å². The van der Waals surface area contributed by atoms with E-state index in [9.17, 15) is 31.1 Å². The zero-order chi connectivity index (χ0) is 30.4. The standard InChI is InChI=1S/C25H30F3N3O3.C2HF3O2/c1-33-21-6-3-16(13-22(21)34-2)25-8-7-18(15-23(25)31(11-9-25)12-10-26)30-24(32)29-17-4-5-19(27)20(28)14-17;3-2(4,5)1(6)7/h3-6,13-14,18,23H,7-12,15H2,1-2H3,(H2,29,30,32);(H,6,7). The number of carboxylic acids is 1. The average Bonchev–Trinajstić information content (AvgIpc) is 3.29. The van der Waals surface area contributed by atoms with E-state index in [1.165, 1.54) is 6.07 Å². The summed E-state index contributed by atoms with van der Waals surface area (Å²) in [5, 5.41) is 12.6. The molecule has 0 aromatic heterocycles. The molecule has 2 aliphatic rings. The third-order valence-electron chi connectivity index (χ3n) is 7.46. The number of benzene rings is 2. The Balaban J connectivity index is 0.000000587. The number of aliphatic carboxylic acids is 1. The summed E-state index contributed by atoms with van der Waals surface area (Å²) in [5.74, 6) is -3.44.